The second-order valence-electron chi connectivity index (χ2n) is 5.20. The van der Waals surface area contributed by atoms with E-state index in [1.54, 1.807) is 0 Å². The van der Waals surface area contributed by atoms with Crippen molar-refractivity contribution in [3.05, 3.63) is 54.3 Å². The van der Waals surface area contributed by atoms with Crippen LogP contribution in [0.5, 0.6) is 5.75 Å². The molecular formula is C16H12FN3O4S. The number of anilines is 1. The van der Waals surface area contributed by atoms with Gasteiger partial charge in [0, 0.05) is 6.07 Å². The van der Waals surface area contributed by atoms with Crippen molar-refractivity contribution in [1.29, 1.82) is 0 Å². The maximum Gasteiger partial charge on any atom is 0.294 e. The highest BCUT2D eigenvalue weighted by Crippen LogP contribution is 2.40. The summed E-state index contributed by atoms with van der Waals surface area (Å²) in [6, 6.07) is 10.3. The second-order valence-corrected chi connectivity index (χ2v) is 6.62. The summed E-state index contributed by atoms with van der Waals surface area (Å²) in [5, 5.41) is 18.6. The first-order valence-corrected chi connectivity index (χ1v) is 8.40. The summed E-state index contributed by atoms with van der Waals surface area (Å²) in [6.07, 6.45) is 0. The van der Waals surface area contributed by atoms with E-state index in [-0.39, 0.29) is 16.8 Å². The molecule has 0 aliphatic rings. The van der Waals surface area contributed by atoms with E-state index in [1.807, 2.05) is 0 Å². The topological polar surface area (TPSA) is 125 Å². The number of aromatic hydroxyl groups is 1. The Bertz CT molecular complexity index is 1100. The third-order valence-electron chi connectivity index (χ3n) is 3.46. The Morgan fingerprint density at radius 1 is 1.00 bits per heavy atom. The highest BCUT2D eigenvalue weighted by Gasteiger charge is 2.16. The summed E-state index contributed by atoms with van der Waals surface area (Å²) in [5.41, 5.74) is 6.57. The van der Waals surface area contributed by atoms with Gasteiger partial charge in [-0.2, -0.15) is 13.5 Å². The van der Waals surface area contributed by atoms with E-state index in [1.165, 1.54) is 42.5 Å². The molecule has 7 nitrogen and oxygen atoms in total. The molecule has 4 N–H and O–H groups in total. The summed E-state index contributed by atoms with van der Waals surface area (Å²) in [6.45, 7) is 0. The van der Waals surface area contributed by atoms with Crippen LogP contribution in [-0.4, -0.2) is 18.1 Å². The fourth-order valence-corrected chi connectivity index (χ4v) is 2.82. The van der Waals surface area contributed by atoms with E-state index >= 15 is 0 Å². The molecule has 0 aliphatic carbocycles. The number of hydrogen-bond acceptors (Lipinski definition) is 6. The van der Waals surface area contributed by atoms with Crippen LogP contribution in [0.25, 0.3) is 10.8 Å². The summed E-state index contributed by atoms with van der Waals surface area (Å²) in [7, 11) is -4.48. The van der Waals surface area contributed by atoms with Crippen molar-refractivity contribution in [1.82, 2.24) is 0 Å². The first-order chi connectivity index (χ1) is 11.8. The van der Waals surface area contributed by atoms with E-state index in [2.05, 4.69) is 10.2 Å². The van der Waals surface area contributed by atoms with E-state index in [0.717, 1.165) is 6.07 Å². The third kappa shape index (κ3) is 3.42. The van der Waals surface area contributed by atoms with E-state index in [9.17, 15) is 17.9 Å². The Balaban J connectivity index is 2.17. The van der Waals surface area contributed by atoms with Gasteiger partial charge in [-0.15, -0.1) is 5.11 Å². The predicted molar refractivity (Wildman–Crippen MR) is 90.4 cm³/mol. The van der Waals surface area contributed by atoms with Crippen molar-refractivity contribution >= 4 is 38.0 Å². The Hall–Kier alpha value is -3.04. The number of phenolic OH excluding ortho intramolecular Hbond substituents is 1. The zero-order chi connectivity index (χ0) is 18.2. The van der Waals surface area contributed by atoms with Gasteiger partial charge in [-0.3, -0.25) is 4.55 Å². The van der Waals surface area contributed by atoms with Crippen LogP contribution >= 0.6 is 0 Å². The zero-order valence-corrected chi connectivity index (χ0v) is 13.4. The Labute approximate surface area is 142 Å². The molecule has 0 amide bonds. The third-order valence-corrected chi connectivity index (χ3v) is 4.30. The highest BCUT2D eigenvalue weighted by molar-refractivity contribution is 7.85. The average Bonchev–Trinajstić information content (AvgIpc) is 2.54. The van der Waals surface area contributed by atoms with Crippen molar-refractivity contribution < 1.29 is 22.5 Å². The Morgan fingerprint density at radius 2 is 1.68 bits per heavy atom. The van der Waals surface area contributed by atoms with Gasteiger partial charge in [0.05, 0.1) is 21.7 Å². The number of hydrogen-bond donors (Lipinski definition) is 3. The van der Waals surface area contributed by atoms with Crippen LogP contribution in [-0.2, 0) is 10.1 Å². The largest absolute Gasteiger partial charge is 0.507 e. The quantitative estimate of drug-likeness (QED) is 0.370. The van der Waals surface area contributed by atoms with E-state index < -0.39 is 26.6 Å². The first kappa shape index (κ1) is 16.8. The molecule has 9 heteroatoms. The molecule has 0 bridgehead atoms. The minimum atomic E-state index is -4.48. The minimum Gasteiger partial charge on any atom is -0.507 e. The van der Waals surface area contributed by atoms with Crippen LogP contribution in [0.15, 0.2) is 63.7 Å². The van der Waals surface area contributed by atoms with Crippen molar-refractivity contribution in [3.8, 4) is 5.75 Å². The normalized spacial score (nSPS) is 12.1. The van der Waals surface area contributed by atoms with Crippen LogP contribution in [0.3, 0.4) is 0 Å². The lowest BCUT2D eigenvalue weighted by Gasteiger charge is -2.08. The molecule has 0 heterocycles. The Kier molecular flexibility index (Phi) is 4.11. The van der Waals surface area contributed by atoms with Crippen molar-refractivity contribution in [2.24, 2.45) is 10.2 Å². The maximum atomic E-state index is 12.9. The molecule has 0 unspecified atom stereocenters. The smallest absolute Gasteiger partial charge is 0.294 e. The lowest BCUT2D eigenvalue weighted by Crippen LogP contribution is -1.98. The molecule has 0 atom stereocenters. The Morgan fingerprint density at radius 3 is 2.32 bits per heavy atom. The lowest BCUT2D eigenvalue weighted by atomic mass is 10.1. The van der Waals surface area contributed by atoms with Gasteiger partial charge in [-0.25, -0.2) is 4.39 Å². The molecule has 0 aliphatic heterocycles. The fourth-order valence-electron chi connectivity index (χ4n) is 2.29. The van der Waals surface area contributed by atoms with Crippen LogP contribution in [0.4, 0.5) is 21.5 Å². The molecule has 0 saturated carbocycles. The van der Waals surface area contributed by atoms with E-state index in [4.69, 9.17) is 10.3 Å². The molecule has 25 heavy (non-hydrogen) atoms. The molecule has 0 aromatic heterocycles. The lowest BCUT2D eigenvalue weighted by molar-refractivity contribution is 0.471. The highest BCUT2D eigenvalue weighted by atomic mass is 32.2. The summed E-state index contributed by atoms with van der Waals surface area (Å²) in [5.74, 6) is -0.843. The predicted octanol–water partition coefficient (Wildman–Crippen LogP) is 3.93. The maximum absolute atomic E-state index is 12.9. The number of benzene rings is 3. The molecule has 128 valence electrons. The molecular weight excluding hydrogens is 349 g/mol. The fraction of sp³-hybridized carbons (Fsp3) is 0. The molecule has 3 aromatic carbocycles. The van der Waals surface area contributed by atoms with Crippen LogP contribution in [0.2, 0.25) is 0 Å². The number of nitrogens with two attached hydrogens (primary N) is 1. The number of halogens is 1. The number of fused-ring (bicyclic) bond motifs is 1. The zero-order valence-electron chi connectivity index (χ0n) is 12.6. The number of nitrogen functional groups attached to an aromatic ring is 1. The molecule has 0 spiro atoms. The van der Waals surface area contributed by atoms with Crippen LogP contribution in [0.1, 0.15) is 0 Å². The van der Waals surface area contributed by atoms with Gasteiger partial charge in [-0.05, 0) is 41.8 Å². The van der Waals surface area contributed by atoms with Gasteiger partial charge in [0.25, 0.3) is 10.1 Å². The minimum absolute atomic E-state index is 0.126. The number of phenols is 1. The monoisotopic (exact) mass is 361 g/mol. The first-order valence-electron chi connectivity index (χ1n) is 6.96. The van der Waals surface area contributed by atoms with Gasteiger partial charge in [-0.1, -0.05) is 6.07 Å². The van der Waals surface area contributed by atoms with Gasteiger partial charge >= 0.3 is 0 Å². The van der Waals surface area contributed by atoms with Crippen LogP contribution in [0, 0.1) is 5.82 Å². The van der Waals surface area contributed by atoms with Gasteiger partial charge in [0.1, 0.15) is 17.3 Å². The SMILES string of the molecule is Nc1ccc2cc(S(=O)(=O)O)cc(O)c2c1N=Nc1ccc(F)cc1. The number of nitrogens with zero attached hydrogens (tertiary/aromatic N) is 2. The average molecular weight is 361 g/mol. The van der Waals surface area contributed by atoms with Gasteiger partial charge in [0.2, 0.25) is 0 Å². The summed E-state index contributed by atoms with van der Waals surface area (Å²) >= 11 is 0. The van der Waals surface area contributed by atoms with Gasteiger partial charge in [0.15, 0.2) is 0 Å². The standard InChI is InChI=1S/C16H12FN3O4S/c17-10-2-4-11(5-3-10)19-20-16-13(18)6-1-9-7-12(25(22,23)24)8-14(21)15(9)16/h1-8,21H,18H2,(H,22,23,24). The number of azo groups is 1. The molecule has 0 saturated heterocycles. The second kappa shape index (κ2) is 6.11. The van der Waals surface area contributed by atoms with Crippen molar-refractivity contribution in [2.75, 3.05) is 5.73 Å². The van der Waals surface area contributed by atoms with Crippen molar-refractivity contribution in [2.45, 2.75) is 4.90 Å². The summed E-state index contributed by atoms with van der Waals surface area (Å²) < 4.78 is 44.6. The van der Waals surface area contributed by atoms with Crippen molar-refractivity contribution in [3.63, 3.8) is 0 Å². The van der Waals surface area contributed by atoms with Crippen LogP contribution < -0.4 is 5.73 Å². The van der Waals surface area contributed by atoms with E-state index in [0.29, 0.717) is 11.1 Å². The molecule has 3 aromatic rings. The number of rotatable bonds is 3. The molecule has 0 fully saturated rings. The van der Waals surface area contributed by atoms with Gasteiger partial charge < -0.3 is 10.8 Å². The summed E-state index contributed by atoms with van der Waals surface area (Å²) in [4.78, 5) is -0.455. The molecule has 3 rings (SSSR count). The molecule has 0 radical (unpaired) electrons.